The standard InChI is InChI=1S/C7H14F3O3P/c8-7(9,10)5-3-1-2-4-6-14(11,12)13/h1-6H2,(H2,11,12,13). The van der Waals surface area contributed by atoms with Crippen molar-refractivity contribution in [2.45, 2.75) is 38.3 Å². The van der Waals surface area contributed by atoms with E-state index in [0.717, 1.165) is 0 Å². The zero-order chi connectivity index (χ0) is 11.2. The lowest BCUT2D eigenvalue weighted by Crippen LogP contribution is -2.06. The molecule has 0 radical (unpaired) electrons. The van der Waals surface area contributed by atoms with Crippen molar-refractivity contribution in [1.29, 1.82) is 0 Å². The van der Waals surface area contributed by atoms with Crippen LogP contribution >= 0.6 is 7.60 Å². The van der Waals surface area contributed by atoms with Crippen LogP contribution in [0.1, 0.15) is 32.1 Å². The molecule has 2 N–H and O–H groups in total. The number of hydrogen-bond donors (Lipinski definition) is 2. The topological polar surface area (TPSA) is 57.5 Å². The molecule has 3 nitrogen and oxygen atoms in total. The quantitative estimate of drug-likeness (QED) is 0.548. The molecule has 0 bridgehead atoms. The van der Waals surface area contributed by atoms with Crippen LogP contribution in [0, 0.1) is 0 Å². The summed E-state index contributed by atoms with van der Waals surface area (Å²) in [6.07, 6.45) is -4.07. The minimum Gasteiger partial charge on any atom is -0.324 e. The van der Waals surface area contributed by atoms with Crippen molar-refractivity contribution < 1.29 is 27.5 Å². The van der Waals surface area contributed by atoms with Gasteiger partial charge in [0.05, 0.1) is 0 Å². The first kappa shape index (κ1) is 13.9. The predicted molar refractivity (Wildman–Crippen MR) is 46.1 cm³/mol. The Morgan fingerprint density at radius 3 is 1.93 bits per heavy atom. The largest absolute Gasteiger partial charge is 0.389 e. The number of hydrogen-bond acceptors (Lipinski definition) is 1. The van der Waals surface area contributed by atoms with Gasteiger partial charge < -0.3 is 9.79 Å². The van der Waals surface area contributed by atoms with E-state index in [1.165, 1.54) is 0 Å². The number of unbranched alkanes of at least 4 members (excludes halogenated alkanes) is 3. The van der Waals surface area contributed by atoms with E-state index in [9.17, 15) is 17.7 Å². The first-order chi connectivity index (χ1) is 6.21. The van der Waals surface area contributed by atoms with Crippen molar-refractivity contribution in [2.75, 3.05) is 6.16 Å². The fourth-order valence-electron chi connectivity index (χ4n) is 0.997. The molecule has 0 rings (SSSR count). The third-order valence-electron chi connectivity index (χ3n) is 1.66. The third kappa shape index (κ3) is 11.9. The highest BCUT2D eigenvalue weighted by Gasteiger charge is 2.25. The minimum atomic E-state index is -4.12. The van der Waals surface area contributed by atoms with E-state index in [1.54, 1.807) is 0 Å². The molecule has 0 aromatic carbocycles. The molecular weight excluding hydrogens is 220 g/mol. The molecule has 14 heavy (non-hydrogen) atoms. The summed E-state index contributed by atoms with van der Waals surface area (Å²) >= 11 is 0. The first-order valence-corrected chi connectivity index (χ1v) is 6.12. The number of halogens is 3. The fourth-order valence-corrected chi connectivity index (χ4v) is 1.63. The maximum absolute atomic E-state index is 11.6. The second-order valence-corrected chi connectivity index (χ2v) is 4.94. The van der Waals surface area contributed by atoms with Gasteiger partial charge in [0.15, 0.2) is 0 Å². The molecule has 0 aliphatic heterocycles. The maximum atomic E-state index is 11.6. The van der Waals surface area contributed by atoms with E-state index in [-0.39, 0.29) is 19.0 Å². The van der Waals surface area contributed by atoms with Crippen LogP contribution in [0.15, 0.2) is 0 Å². The number of rotatable bonds is 6. The van der Waals surface area contributed by atoms with Crippen LogP contribution in [0.4, 0.5) is 13.2 Å². The van der Waals surface area contributed by atoms with Crippen LogP contribution in [0.25, 0.3) is 0 Å². The van der Waals surface area contributed by atoms with E-state index in [0.29, 0.717) is 12.8 Å². The summed E-state index contributed by atoms with van der Waals surface area (Å²) in [5.41, 5.74) is 0. The van der Waals surface area contributed by atoms with Crippen LogP contribution in [0.2, 0.25) is 0 Å². The van der Waals surface area contributed by atoms with E-state index in [4.69, 9.17) is 9.79 Å². The van der Waals surface area contributed by atoms with Crippen LogP contribution < -0.4 is 0 Å². The molecule has 0 aromatic rings. The Balaban J connectivity index is 3.28. The van der Waals surface area contributed by atoms with Gasteiger partial charge in [0.1, 0.15) is 0 Å². The fraction of sp³-hybridized carbons (Fsp3) is 1.00. The minimum absolute atomic E-state index is 0.0324. The average Bonchev–Trinajstić information content (AvgIpc) is 1.92. The van der Waals surface area contributed by atoms with Gasteiger partial charge in [-0.05, 0) is 12.8 Å². The molecule has 0 amide bonds. The van der Waals surface area contributed by atoms with E-state index < -0.39 is 20.2 Å². The SMILES string of the molecule is O=P(O)(O)CCCCCCC(F)(F)F. The summed E-state index contributed by atoms with van der Waals surface area (Å²) < 4.78 is 45.2. The monoisotopic (exact) mass is 234 g/mol. The summed E-state index contributed by atoms with van der Waals surface area (Å²) in [5, 5.41) is 0. The number of alkyl halides is 3. The summed E-state index contributed by atoms with van der Waals surface area (Å²) in [6.45, 7) is 0. The lowest BCUT2D eigenvalue weighted by molar-refractivity contribution is -0.135. The summed E-state index contributed by atoms with van der Waals surface area (Å²) in [6, 6.07) is 0. The second kappa shape index (κ2) is 5.73. The first-order valence-electron chi connectivity index (χ1n) is 4.32. The van der Waals surface area contributed by atoms with Gasteiger partial charge >= 0.3 is 13.8 Å². The van der Waals surface area contributed by atoms with Crippen molar-refractivity contribution in [3.05, 3.63) is 0 Å². The smallest absolute Gasteiger partial charge is 0.324 e. The molecule has 0 atom stereocenters. The Morgan fingerprint density at radius 2 is 1.50 bits per heavy atom. The molecule has 0 heterocycles. The van der Waals surface area contributed by atoms with Crippen LogP contribution in [-0.2, 0) is 4.57 Å². The van der Waals surface area contributed by atoms with Gasteiger partial charge in [-0.15, -0.1) is 0 Å². The average molecular weight is 234 g/mol. The van der Waals surface area contributed by atoms with E-state index in [1.807, 2.05) is 0 Å². The lowest BCUT2D eigenvalue weighted by atomic mass is 10.1. The van der Waals surface area contributed by atoms with E-state index in [2.05, 4.69) is 0 Å². The third-order valence-corrected chi connectivity index (χ3v) is 2.56. The molecule has 0 spiro atoms. The van der Waals surface area contributed by atoms with Crippen molar-refractivity contribution in [1.82, 2.24) is 0 Å². The Morgan fingerprint density at radius 1 is 1.00 bits per heavy atom. The molecule has 0 aliphatic carbocycles. The van der Waals surface area contributed by atoms with Crippen LogP contribution in [0.5, 0.6) is 0 Å². The van der Waals surface area contributed by atoms with Crippen molar-refractivity contribution >= 4 is 7.60 Å². The molecule has 0 fully saturated rings. The molecule has 0 saturated carbocycles. The Labute approximate surface area is 80.5 Å². The molecule has 0 aromatic heterocycles. The highest BCUT2D eigenvalue weighted by molar-refractivity contribution is 7.51. The Kier molecular flexibility index (Phi) is 5.71. The normalized spacial score (nSPS) is 13.2. The predicted octanol–water partition coefficient (Wildman–Crippen LogP) is 2.68. The van der Waals surface area contributed by atoms with Crippen molar-refractivity contribution in [3.63, 3.8) is 0 Å². The Bertz CT molecular complexity index is 199. The van der Waals surface area contributed by atoms with Gasteiger partial charge in [-0.2, -0.15) is 13.2 Å². The zero-order valence-corrected chi connectivity index (χ0v) is 8.52. The maximum Gasteiger partial charge on any atom is 0.389 e. The van der Waals surface area contributed by atoms with Crippen LogP contribution in [0.3, 0.4) is 0 Å². The van der Waals surface area contributed by atoms with Gasteiger partial charge in [-0.25, -0.2) is 0 Å². The Hall–Kier alpha value is -0.0600. The molecule has 0 unspecified atom stereocenters. The molecule has 86 valence electrons. The lowest BCUT2D eigenvalue weighted by Gasteiger charge is -2.06. The van der Waals surface area contributed by atoms with Gasteiger partial charge in [-0.3, -0.25) is 4.57 Å². The second-order valence-electron chi connectivity index (χ2n) is 3.17. The highest BCUT2D eigenvalue weighted by Crippen LogP contribution is 2.35. The van der Waals surface area contributed by atoms with Gasteiger partial charge in [0.25, 0.3) is 0 Å². The van der Waals surface area contributed by atoms with Crippen LogP contribution in [-0.4, -0.2) is 22.1 Å². The van der Waals surface area contributed by atoms with Crippen molar-refractivity contribution in [3.8, 4) is 0 Å². The molecule has 7 heteroatoms. The van der Waals surface area contributed by atoms with Gasteiger partial charge in [0, 0.05) is 12.6 Å². The summed E-state index contributed by atoms with van der Waals surface area (Å²) in [4.78, 5) is 16.9. The molecule has 0 aliphatic rings. The van der Waals surface area contributed by atoms with Gasteiger partial charge in [0.2, 0.25) is 0 Å². The van der Waals surface area contributed by atoms with Crippen molar-refractivity contribution in [2.24, 2.45) is 0 Å². The molecule has 0 saturated heterocycles. The van der Waals surface area contributed by atoms with Gasteiger partial charge in [-0.1, -0.05) is 12.8 Å². The zero-order valence-electron chi connectivity index (χ0n) is 7.63. The summed E-state index contributed by atoms with van der Waals surface area (Å²) in [7, 11) is -3.97. The molecular formula is C7H14F3O3P. The summed E-state index contributed by atoms with van der Waals surface area (Å²) in [5.74, 6) is 0. The van der Waals surface area contributed by atoms with E-state index >= 15 is 0 Å². The highest BCUT2D eigenvalue weighted by atomic mass is 31.2.